The molecule has 0 saturated heterocycles. The summed E-state index contributed by atoms with van der Waals surface area (Å²) in [5.41, 5.74) is 2.83. The first-order chi connectivity index (χ1) is 13.7. The van der Waals surface area contributed by atoms with Crippen LogP contribution in [0.1, 0.15) is 12.1 Å². The molecule has 2 aromatic carbocycles. The summed E-state index contributed by atoms with van der Waals surface area (Å²) in [6, 6.07) is 16.1. The molecule has 6 heteroatoms. The fraction of sp³-hybridized carbons (Fsp3) is 0.318. The highest BCUT2D eigenvalue weighted by atomic mass is 19.1. The van der Waals surface area contributed by atoms with Crippen molar-refractivity contribution in [3.63, 3.8) is 0 Å². The van der Waals surface area contributed by atoms with E-state index in [0.717, 1.165) is 54.4 Å². The number of benzene rings is 2. The Bertz CT molecular complexity index is 864. The summed E-state index contributed by atoms with van der Waals surface area (Å²) in [5.74, 6) is 1.28. The van der Waals surface area contributed by atoms with Crippen molar-refractivity contribution in [3.05, 3.63) is 66.1 Å². The van der Waals surface area contributed by atoms with Crippen molar-refractivity contribution in [2.45, 2.75) is 12.8 Å². The summed E-state index contributed by atoms with van der Waals surface area (Å²) < 4.78 is 24.1. The van der Waals surface area contributed by atoms with Gasteiger partial charge in [-0.15, -0.1) is 0 Å². The molecule has 0 aliphatic carbocycles. The van der Waals surface area contributed by atoms with Crippen LogP contribution in [0.3, 0.4) is 0 Å². The van der Waals surface area contributed by atoms with Gasteiger partial charge >= 0.3 is 0 Å². The molecule has 0 aliphatic rings. The van der Waals surface area contributed by atoms with Gasteiger partial charge in [0.2, 0.25) is 0 Å². The van der Waals surface area contributed by atoms with E-state index in [1.54, 1.807) is 19.2 Å². The molecular formula is C22H26FN3O2. The number of rotatable bonds is 10. The van der Waals surface area contributed by atoms with Gasteiger partial charge in [0, 0.05) is 17.8 Å². The van der Waals surface area contributed by atoms with Gasteiger partial charge in [0.25, 0.3) is 0 Å². The van der Waals surface area contributed by atoms with E-state index in [1.807, 2.05) is 30.3 Å². The maximum atomic E-state index is 13.0. The predicted octanol–water partition coefficient (Wildman–Crippen LogP) is 4.17. The van der Waals surface area contributed by atoms with Crippen LogP contribution in [0.25, 0.3) is 11.3 Å². The number of methoxy groups -OCH3 is 1. The van der Waals surface area contributed by atoms with Crippen LogP contribution in [0, 0.1) is 5.82 Å². The molecule has 0 unspecified atom stereocenters. The van der Waals surface area contributed by atoms with Crippen LogP contribution >= 0.6 is 0 Å². The van der Waals surface area contributed by atoms with E-state index in [2.05, 4.69) is 22.1 Å². The lowest BCUT2D eigenvalue weighted by Gasteiger charge is -2.17. The van der Waals surface area contributed by atoms with E-state index in [-0.39, 0.29) is 5.82 Å². The largest absolute Gasteiger partial charge is 0.493 e. The van der Waals surface area contributed by atoms with Gasteiger partial charge in [0.1, 0.15) is 12.4 Å². The van der Waals surface area contributed by atoms with Gasteiger partial charge < -0.3 is 14.4 Å². The first kappa shape index (κ1) is 19.9. The van der Waals surface area contributed by atoms with Crippen LogP contribution < -0.4 is 9.47 Å². The standard InChI is InChI=1S/C22H26FN3O2/c1-26(14-15-28-22-8-4-3-7-21(22)27-2)13-5-6-19-16-20(25-24-19)17-9-11-18(23)12-10-17/h3-4,7-12,16H,5-6,13-15H2,1-2H3,(H,24,25). The van der Waals surface area contributed by atoms with Gasteiger partial charge in [-0.2, -0.15) is 5.10 Å². The summed E-state index contributed by atoms with van der Waals surface area (Å²) in [4.78, 5) is 2.24. The molecule has 0 aliphatic heterocycles. The average Bonchev–Trinajstić information content (AvgIpc) is 3.18. The second kappa shape index (κ2) is 9.90. The number of aryl methyl sites for hydroxylation is 1. The first-order valence-electron chi connectivity index (χ1n) is 9.40. The lowest BCUT2D eigenvalue weighted by molar-refractivity contribution is 0.229. The molecule has 1 N–H and O–H groups in total. The third-order valence-electron chi connectivity index (χ3n) is 4.56. The smallest absolute Gasteiger partial charge is 0.161 e. The summed E-state index contributed by atoms with van der Waals surface area (Å²) in [7, 11) is 3.73. The third kappa shape index (κ3) is 5.57. The number of H-pyrrole nitrogens is 1. The fourth-order valence-electron chi connectivity index (χ4n) is 2.96. The van der Waals surface area contributed by atoms with E-state index >= 15 is 0 Å². The van der Waals surface area contributed by atoms with Gasteiger partial charge in [0.15, 0.2) is 11.5 Å². The summed E-state index contributed by atoms with van der Waals surface area (Å²) >= 11 is 0. The Morgan fingerprint density at radius 3 is 2.54 bits per heavy atom. The van der Waals surface area contributed by atoms with E-state index in [4.69, 9.17) is 9.47 Å². The molecule has 3 aromatic rings. The molecule has 0 saturated carbocycles. The molecule has 0 bridgehead atoms. The molecule has 0 fully saturated rings. The lowest BCUT2D eigenvalue weighted by atomic mass is 10.1. The van der Waals surface area contributed by atoms with Crippen molar-refractivity contribution in [1.82, 2.24) is 15.1 Å². The Hall–Kier alpha value is -2.86. The molecule has 3 rings (SSSR count). The summed E-state index contributed by atoms with van der Waals surface area (Å²) in [6.07, 6.45) is 1.92. The summed E-state index contributed by atoms with van der Waals surface area (Å²) in [5, 5.41) is 7.39. The molecule has 5 nitrogen and oxygen atoms in total. The molecular weight excluding hydrogens is 357 g/mol. The monoisotopic (exact) mass is 383 g/mol. The molecule has 0 amide bonds. The number of para-hydroxylation sites is 2. The van der Waals surface area contributed by atoms with Crippen LogP contribution in [0.5, 0.6) is 11.5 Å². The Kier molecular flexibility index (Phi) is 7.03. The maximum Gasteiger partial charge on any atom is 0.161 e. The van der Waals surface area contributed by atoms with Gasteiger partial charge in [-0.3, -0.25) is 5.10 Å². The van der Waals surface area contributed by atoms with Crippen LogP contribution in [0.2, 0.25) is 0 Å². The van der Waals surface area contributed by atoms with E-state index in [1.165, 1.54) is 12.1 Å². The SMILES string of the molecule is COc1ccccc1OCCN(C)CCCc1cc(-c2ccc(F)cc2)n[nH]1. The molecule has 148 valence electrons. The quantitative estimate of drug-likeness (QED) is 0.571. The Labute approximate surface area is 165 Å². The highest BCUT2D eigenvalue weighted by Gasteiger charge is 2.06. The maximum absolute atomic E-state index is 13.0. The van der Waals surface area contributed by atoms with E-state index in [9.17, 15) is 4.39 Å². The number of nitrogens with zero attached hydrogens (tertiary/aromatic N) is 2. The lowest BCUT2D eigenvalue weighted by Crippen LogP contribution is -2.25. The minimum atomic E-state index is -0.239. The second-order valence-corrected chi connectivity index (χ2v) is 6.69. The zero-order valence-electron chi connectivity index (χ0n) is 16.3. The number of hydrogen-bond acceptors (Lipinski definition) is 4. The predicted molar refractivity (Wildman–Crippen MR) is 108 cm³/mol. The Morgan fingerprint density at radius 1 is 1.04 bits per heavy atom. The minimum absolute atomic E-state index is 0.239. The molecule has 0 spiro atoms. The van der Waals surface area contributed by atoms with E-state index < -0.39 is 0 Å². The van der Waals surface area contributed by atoms with Crippen LogP contribution in [-0.4, -0.2) is 49.0 Å². The molecule has 1 heterocycles. The third-order valence-corrected chi connectivity index (χ3v) is 4.56. The van der Waals surface area contributed by atoms with Crippen molar-refractivity contribution >= 4 is 0 Å². The number of aromatic amines is 1. The van der Waals surface area contributed by atoms with E-state index in [0.29, 0.717) is 6.61 Å². The van der Waals surface area contributed by atoms with Crippen molar-refractivity contribution in [3.8, 4) is 22.8 Å². The van der Waals surface area contributed by atoms with Crippen molar-refractivity contribution in [1.29, 1.82) is 0 Å². The van der Waals surface area contributed by atoms with Crippen LogP contribution in [0.4, 0.5) is 4.39 Å². The van der Waals surface area contributed by atoms with Gasteiger partial charge in [-0.05, 0) is 68.9 Å². The van der Waals surface area contributed by atoms with Gasteiger partial charge in [-0.25, -0.2) is 4.39 Å². The first-order valence-corrected chi connectivity index (χ1v) is 9.40. The molecule has 0 atom stereocenters. The normalized spacial score (nSPS) is 11.0. The Morgan fingerprint density at radius 2 is 1.79 bits per heavy atom. The molecule has 28 heavy (non-hydrogen) atoms. The topological polar surface area (TPSA) is 50.4 Å². The zero-order valence-corrected chi connectivity index (χ0v) is 16.3. The zero-order chi connectivity index (χ0) is 19.8. The number of aromatic nitrogens is 2. The number of likely N-dealkylation sites (N-methyl/N-ethyl adjacent to an activating group) is 1. The minimum Gasteiger partial charge on any atom is -0.493 e. The van der Waals surface area contributed by atoms with Crippen molar-refractivity contribution in [2.24, 2.45) is 0 Å². The van der Waals surface area contributed by atoms with Crippen LogP contribution in [-0.2, 0) is 6.42 Å². The summed E-state index contributed by atoms with van der Waals surface area (Å²) in [6.45, 7) is 2.40. The number of nitrogens with one attached hydrogen (secondary N) is 1. The van der Waals surface area contributed by atoms with Crippen molar-refractivity contribution in [2.75, 3.05) is 33.9 Å². The van der Waals surface area contributed by atoms with Gasteiger partial charge in [-0.1, -0.05) is 12.1 Å². The molecule has 0 radical (unpaired) electrons. The second-order valence-electron chi connectivity index (χ2n) is 6.69. The molecule has 1 aromatic heterocycles. The van der Waals surface area contributed by atoms with Crippen LogP contribution in [0.15, 0.2) is 54.6 Å². The van der Waals surface area contributed by atoms with Gasteiger partial charge in [0.05, 0.1) is 12.8 Å². The highest BCUT2D eigenvalue weighted by Crippen LogP contribution is 2.25. The number of halogens is 1. The average molecular weight is 383 g/mol. The van der Waals surface area contributed by atoms with Crippen molar-refractivity contribution < 1.29 is 13.9 Å². The number of hydrogen-bond donors (Lipinski definition) is 1. The Balaban J connectivity index is 1.38. The number of ether oxygens (including phenoxy) is 2. The highest BCUT2D eigenvalue weighted by molar-refractivity contribution is 5.58. The fourth-order valence-corrected chi connectivity index (χ4v) is 2.96.